The summed E-state index contributed by atoms with van der Waals surface area (Å²) in [4.78, 5) is 11.1. The molecule has 1 heterocycles. The minimum atomic E-state index is -0.896. The number of benzene rings is 1. The Kier molecular flexibility index (Phi) is 6.22. The molecule has 128 valence electrons. The molecular formula is C16H15Br2ClN2O3. The number of hydrogen-bond acceptors (Lipinski definition) is 4. The lowest BCUT2D eigenvalue weighted by Gasteiger charge is -2.14. The van der Waals surface area contributed by atoms with Gasteiger partial charge in [-0.2, -0.15) is 0 Å². The van der Waals surface area contributed by atoms with Gasteiger partial charge >= 0.3 is 5.97 Å². The molecule has 5 nitrogen and oxygen atoms in total. The topological polar surface area (TPSA) is 72.3 Å². The van der Waals surface area contributed by atoms with E-state index in [-0.39, 0.29) is 5.92 Å². The summed E-state index contributed by atoms with van der Waals surface area (Å²) in [5.41, 5.74) is 1.49. The molecule has 1 aromatic carbocycles. The second-order valence-electron chi connectivity index (χ2n) is 5.56. The molecule has 0 bridgehead atoms. The lowest BCUT2D eigenvalue weighted by atomic mass is 10.0. The third kappa shape index (κ3) is 4.26. The van der Waals surface area contributed by atoms with E-state index in [1.165, 1.54) is 0 Å². The molecule has 8 heteroatoms. The lowest BCUT2D eigenvalue weighted by Crippen LogP contribution is -2.07. The van der Waals surface area contributed by atoms with Crippen LogP contribution in [-0.2, 0) is 4.79 Å². The van der Waals surface area contributed by atoms with Crippen LogP contribution in [0.2, 0.25) is 5.15 Å². The SMILES string of the molecule is CC(C)c1cc(Oc2c(Br)cc(C(C)C(=O)O)cc2Br)nnc1Cl. The van der Waals surface area contributed by atoms with Crippen molar-refractivity contribution in [3.05, 3.63) is 43.4 Å². The summed E-state index contributed by atoms with van der Waals surface area (Å²) in [6, 6.07) is 5.17. The van der Waals surface area contributed by atoms with E-state index >= 15 is 0 Å². The van der Waals surface area contributed by atoms with E-state index in [0.717, 1.165) is 5.56 Å². The van der Waals surface area contributed by atoms with Gasteiger partial charge in [-0.3, -0.25) is 4.79 Å². The largest absolute Gasteiger partial charge is 0.481 e. The van der Waals surface area contributed by atoms with Crippen LogP contribution in [0.3, 0.4) is 0 Å². The molecule has 0 amide bonds. The van der Waals surface area contributed by atoms with Crippen LogP contribution in [0.25, 0.3) is 0 Å². The average Bonchev–Trinajstić information content (AvgIpc) is 2.51. The smallest absolute Gasteiger partial charge is 0.310 e. The van der Waals surface area contributed by atoms with Gasteiger partial charge in [0, 0.05) is 6.07 Å². The zero-order valence-electron chi connectivity index (χ0n) is 13.2. The van der Waals surface area contributed by atoms with Crippen LogP contribution in [0, 0.1) is 0 Å². The van der Waals surface area contributed by atoms with Crippen molar-refractivity contribution in [2.45, 2.75) is 32.6 Å². The number of rotatable bonds is 5. The fourth-order valence-corrected chi connectivity index (χ4v) is 3.70. The first kappa shape index (κ1) is 19.1. The van der Waals surface area contributed by atoms with Crippen LogP contribution in [0.5, 0.6) is 11.6 Å². The van der Waals surface area contributed by atoms with Gasteiger partial charge in [0.2, 0.25) is 5.88 Å². The number of carboxylic acids is 1. The van der Waals surface area contributed by atoms with Crippen LogP contribution in [-0.4, -0.2) is 21.3 Å². The van der Waals surface area contributed by atoms with Crippen molar-refractivity contribution in [1.82, 2.24) is 10.2 Å². The Hall–Kier alpha value is -1.18. The molecule has 0 aliphatic heterocycles. The van der Waals surface area contributed by atoms with Gasteiger partial charge < -0.3 is 9.84 Å². The van der Waals surface area contributed by atoms with Crippen molar-refractivity contribution in [2.24, 2.45) is 0 Å². The number of hydrogen-bond donors (Lipinski definition) is 1. The van der Waals surface area contributed by atoms with Crippen molar-refractivity contribution < 1.29 is 14.6 Å². The van der Waals surface area contributed by atoms with Crippen LogP contribution in [0.15, 0.2) is 27.1 Å². The highest BCUT2D eigenvalue weighted by Gasteiger charge is 2.19. The Morgan fingerprint density at radius 2 is 1.75 bits per heavy atom. The molecule has 24 heavy (non-hydrogen) atoms. The van der Waals surface area contributed by atoms with Gasteiger partial charge in [-0.15, -0.1) is 10.2 Å². The highest BCUT2D eigenvalue weighted by molar-refractivity contribution is 9.11. The maximum atomic E-state index is 11.1. The minimum absolute atomic E-state index is 0.182. The van der Waals surface area contributed by atoms with E-state index < -0.39 is 11.9 Å². The maximum absolute atomic E-state index is 11.1. The fraction of sp³-hybridized carbons (Fsp3) is 0.312. The molecule has 0 aliphatic carbocycles. The van der Waals surface area contributed by atoms with Crippen molar-refractivity contribution in [1.29, 1.82) is 0 Å². The highest BCUT2D eigenvalue weighted by atomic mass is 79.9. The Bertz CT molecular complexity index is 761. The molecule has 0 radical (unpaired) electrons. The van der Waals surface area contributed by atoms with Crippen LogP contribution in [0.4, 0.5) is 0 Å². The number of carbonyl (C=O) groups is 1. The van der Waals surface area contributed by atoms with E-state index in [0.29, 0.717) is 31.3 Å². The zero-order chi connectivity index (χ0) is 18.0. The zero-order valence-corrected chi connectivity index (χ0v) is 17.1. The molecule has 0 spiro atoms. The van der Waals surface area contributed by atoms with Crippen LogP contribution >= 0.6 is 43.5 Å². The van der Waals surface area contributed by atoms with Crippen LogP contribution in [0.1, 0.15) is 43.7 Å². The van der Waals surface area contributed by atoms with Crippen LogP contribution < -0.4 is 4.74 Å². The van der Waals surface area contributed by atoms with Crippen molar-refractivity contribution in [2.75, 3.05) is 0 Å². The minimum Gasteiger partial charge on any atom is -0.481 e. The Labute approximate surface area is 161 Å². The summed E-state index contributed by atoms with van der Waals surface area (Å²) in [7, 11) is 0. The Balaban J connectivity index is 2.37. The summed E-state index contributed by atoms with van der Waals surface area (Å²) in [5.74, 6) is -0.547. The first-order chi connectivity index (χ1) is 11.2. The molecule has 2 aromatic rings. The van der Waals surface area contributed by atoms with Gasteiger partial charge in [0.1, 0.15) is 0 Å². The predicted octanol–water partition coefficient (Wildman–Crippen LogP) is 5.76. The molecule has 0 saturated carbocycles. The Morgan fingerprint density at radius 3 is 2.25 bits per heavy atom. The third-order valence-corrected chi connectivity index (χ3v) is 4.95. The first-order valence-electron chi connectivity index (χ1n) is 7.13. The fourth-order valence-electron chi connectivity index (χ4n) is 2.00. The number of nitrogens with zero attached hydrogens (tertiary/aromatic N) is 2. The summed E-state index contributed by atoms with van der Waals surface area (Å²) in [5, 5.41) is 17.3. The second kappa shape index (κ2) is 7.80. The van der Waals surface area contributed by atoms with Crippen molar-refractivity contribution in [3.8, 4) is 11.6 Å². The van der Waals surface area contributed by atoms with Gasteiger partial charge in [0.25, 0.3) is 0 Å². The molecule has 0 saturated heterocycles. The molecule has 1 aromatic heterocycles. The Morgan fingerprint density at radius 1 is 1.17 bits per heavy atom. The van der Waals surface area contributed by atoms with E-state index in [4.69, 9.17) is 21.4 Å². The van der Waals surface area contributed by atoms with E-state index in [1.807, 2.05) is 13.8 Å². The molecule has 2 rings (SSSR count). The summed E-state index contributed by atoms with van der Waals surface area (Å²) >= 11 is 12.9. The van der Waals surface area contributed by atoms with E-state index in [1.54, 1.807) is 25.1 Å². The molecule has 0 aliphatic rings. The molecular weight excluding hydrogens is 463 g/mol. The maximum Gasteiger partial charge on any atom is 0.310 e. The average molecular weight is 479 g/mol. The number of aliphatic carboxylic acids is 1. The van der Waals surface area contributed by atoms with Gasteiger partial charge in [-0.25, -0.2) is 0 Å². The number of halogens is 3. The summed E-state index contributed by atoms with van der Waals surface area (Å²) in [6.07, 6.45) is 0. The van der Waals surface area contributed by atoms with E-state index in [9.17, 15) is 4.79 Å². The normalized spacial score (nSPS) is 12.3. The lowest BCUT2D eigenvalue weighted by molar-refractivity contribution is -0.138. The first-order valence-corrected chi connectivity index (χ1v) is 9.09. The van der Waals surface area contributed by atoms with Gasteiger partial charge in [-0.05, 0) is 68.0 Å². The van der Waals surface area contributed by atoms with E-state index in [2.05, 4.69) is 42.1 Å². The second-order valence-corrected chi connectivity index (χ2v) is 7.63. The van der Waals surface area contributed by atoms with Crippen molar-refractivity contribution in [3.63, 3.8) is 0 Å². The van der Waals surface area contributed by atoms with Crippen molar-refractivity contribution >= 4 is 49.4 Å². The molecule has 0 fully saturated rings. The van der Waals surface area contributed by atoms with Gasteiger partial charge in [-0.1, -0.05) is 25.4 Å². The number of aromatic nitrogens is 2. The molecule has 1 atom stereocenters. The highest BCUT2D eigenvalue weighted by Crippen LogP contribution is 2.39. The van der Waals surface area contributed by atoms with Gasteiger partial charge in [0.05, 0.1) is 14.9 Å². The summed E-state index contributed by atoms with van der Waals surface area (Å²) in [6.45, 7) is 5.62. The number of carboxylic acid groups (broad SMARTS) is 1. The third-order valence-electron chi connectivity index (χ3n) is 3.47. The summed E-state index contributed by atoms with van der Waals surface area (Å²) < 4.78 is 7.03. The molecule has 1 unspecified atom stereocenters. The monoisotopic (exact) mass is 476 g/mol. The number of ether oxygens (including phenoxy) is 1. The predicted molar refractivity (Wildman–Crippen MR) is 99.1 cm³/mol. The quantitative estimate of drug-likeness (QED) is 0.592. The standard InChI is InChI=1S/C16H15Br2ClN2O3/c1-7(2)10-6-13(20-21-15(10)19)24-14-11(17)4-9(5-12(14)18)8(3)16(22)23/h4-8H,1-3H3,(H,22,23). The van der Waals surface area contributed by atoms with Gasteiger partial charge in [0.15, 0.2) is 10.9 Å². The molecule has 1 N–H and O–H groups in total.